The van der Waals surface area contributed by atoms with Gasteiger partial charge in [-0.25, -0.2) is 0 Å². The number of ether oxygens (including phenoxy) is 2. The van der Waals surface area contributed by atoms with Crippen LogP contribution in [0.25, 0.3) is 0 Å². The highest BCUT2D eigenvalue weighted by Gasteiger charge is 2.31. The van der Waals surface area contributed by atoms with E-state index in [4.69, 9.17) is 9.47 Å². The molecule has 5 aromatic rings. The van der Waals surface area contributed by atoms with E-state index in [9.17, 15) is 38.9 Å². The van der Waals surface area contributed by atoms with Crippen LogP contribution in [0, 0.1) is 41.5 Å². The second-order valence-electron chi connectivity index (χ2n) is 13.3. The van der Waals surface area contributed by atoms with Crippen LogP contribution >= 0.6 is 0 Å². The van der Waals surface area contributed by atoms with Crippen LogP contribution in [-0.2, 0) is 30.4 Å². The molecule has 0 aliphatic rings. The van der Waals surface area contributed by atoms with Gasteiger partial charge in [0.2, 0.25) is 0 Å². The molecule has 0 spiro atoms. The molecule has 0 fully saturated rings. The number of benzene rings is 5. The summed E-state index contributed by atoms with van der Waals surface area (Å²) in [4.78, 5) is -1.76. The summed E-state index contributed by atoms with van der Waals surface area (Å²) in [5.41, 5.74) is 7.55. The minimum Gasteiger partial charge on any atom is -0.496 e. The van der Waals surface area contributed by atoms with Gasteiger partial charge in [0, 0.05) is 51.9 Å². The largest absolute Gasteiger partial charge is 0.496 e. The first-order valence-electron chi connectivity index (χ1n) is 16.7. The average Bonchev–Trinajstić information content (AvgIpc) is 3.07. The summed E-state index contributed by atoms with van der Waals surface area (Å²) >= 11 is 0. The van der Waals surface area contributed by atoms with E-state index >= 15 is 0 Å². The molecule has 0 aliphatic heterocycles. The van der Waals surface area contributed by atoms with Crippen molar-refractivity contribution in [2.45, 2.75) is 62.1 Å². The van der Waals surface area contributed by atoms with E-state index < -0.39 is 46.1 Å². The number of methoxy groups -OCH3 is 2. The highest BCUT2D eigenvalue weighted by atomic mass is 32.2. The molecule has 0 amide bonds. The Morgan fingerprint density at radius 1 is 0.527 bits per heavy atom. The van der Waals surface area contributed by atoms with Gasteiger partial charge in [0.15, 0.2) is 0 Å². The van der Waals surface area contributed by atoms with Crippen LogP contribution in [0.3, 0.4) is 0 Å². The van der Waals surface area contributed by atoms with Crippen LogP contribution in [0.2, 0.25) is 0 Å². The minimum absolute atomic E-state index is 0.0684. The highest BCUT2D eigenvalue weighted by Crippen LogP contribution is 2.46. The third-order valence-corrected chi connectivity index (χ3v) is 12.2. The third kappa shape index (κ3) is 8.64. The molecule has 0 heterocycles. The average molecular weight is 811 g/mol. The lowest BCUT2D eigenvalue weighted by molar-refractivity contribution is 0.402. The predicted molar refractivity (Wildman–Crippen MR) is 211 cm³/mol. The quantitative estimate of drug-likeness (QED) is 0.0600. The summed E-state index contributed by atoms with van der Waals surface area (Å²) in [7, 11) is -11.7. The van der Waals surface area contributed by atoms with Crippen molar-refractivity contribution in [1.82, 2.24) is 0 Å². The first kappa shape index (κ1) is 41.2. The Morgan fingerprint density at radius 2 is 1.00 bits per heavy atom. The van der Waals surface area contributed by atoms with Gasteiger partial charge in [0.05, 0.1) is 24.0 Å². The molecule has 1 unspecified atom stereocenters. The molecular weight excluding hydrogens is 769 g/mol. The number of anilines is 4. The van der Waals surface area contributed by atoms with Gasteiger partial charge in [-0.3, -0.25) is 13.7 Å². The molecule has 0 saturated carbocycles. The molecule has 55 heavy (non-hydrogen) atoms. The fourth-order valence-electron chi connectivity index (χ4n) is 7.12. The van der Waals surface area contributed by atoms with E-state index in [0.29, 0.717) is 51.1 Å². The summed E-state index contributed by atoms with van der Waals surface area (Å²) in [6.45, 7) is 10.9. The Bertz CT molecular complexity index is 2650. The van der Waals surface area contributed by atoms with Crippen LogP contribution in [0.15, 0.2) is 87.5 Å². The van der Waals surface area contributed by atoms with Gasteiger partial charge in [-0.2, -0.15) is 25.3 Å². The molecule has 292 valence electrons. The van der Waals surface area contributed by atoms with Crippen LogP contribution in [0.1, 0.15) is 56.0 Å². The standard InChI is InChI=1S/C39H42N2O11S3/c1-21-15-22(2)37(23(3)16-21)40-27-9-12-30(33(18-27)51-7)36(32-14-11-29(53(42,43)44)20-35(32)54(45,46)47)31-13-10-28(19-34(31)52-8)41-38-24(4)17-25(5)39(26(38)6)55(48,49)50/h9-20,36,40-41H,1-8H3,(H,42,43,44)(H,45,46,47)(H,48,49,50). The molecule has 5 N–H and O–H groups in total. The minimum atomic E-state index is -5.11. The Labute approximate surface area is 321 Å². The molecule has 0 aromatic heterocycles. The Hall–Kier alpha value is -4.97. The SMILES string of the molecule is COc1cc(Nc2c(C)cc(C)cc2C)ccc1C(c1ccc(Nc2c(C)cc(C)c(S(=O)(=O)O)c2C)cc1OC)c1ccc(S(=O)(=O)O)cc1S(=O)(=O)O. The normalized spacial score (nSPS) is 12.6. The molecule has 5 aromatic carbocycles. The van der Waals surface area contributed by atoms with Crippen molar-refractivity contribution in [3.8, 4) is 11.5 Å². The molecule has 16 heteroatoms. The lowest BCUT2D eigenvalue weighted by Crippen LogP contribution is -2.14. The highest BCUT2D eigenvalue weighted by molar-refractivity contribution is 7.86. The first-order valence-corrected chi connectivity index (χ1v) is 21.0. The van der Waals surface area contributed by atoms with Gasteiger partial charge in [0.1, 0.15) is 16.4 Å². The summed E-state index contributed by atoms with van der Waals surface area (Å²) in [5, 5.41) is 6.64. The van der Waals surface area contributed by atoms with E-state index in [1.54, 1.807) is 63.2 Å². The molecule has 0 radical (unpaired) electrons. The number of nitrogens with one attached hydrogen (secondary N) is 2. The second-order valence-corrected chi connectivity index (χ2v) is 17.5. The van der Waals surface area contributed by atoms with Crippen molar-refractivity contribution in [1.29, 1.82) is 0 Å². The fraction of sp³-hybridized carbons (Fsp3) is 0.231. The zero-order valence-corrected chi connectivity index (χ0v) is 33.8. The van der Waals surface area contributed by atoms with Gasteiger partial charge in [-0.1, -0.05) is 42.0 Å². The smallest absolute Gasteiger partial charge is 0.295 e. The van der Waals surface area contributed by atoms with Crippen molar-refractivity contribution in [2.75, 3.05) is 24.9 Å². The van der Waals surface area contributed by atoms with Gasteiger partial charge in [-0.05, 0) is 99.2 Å². The van der Waals surface area contributed by atoms with E-state index in [2.05, 4.69) is 10.6 Å². The zero-order valence-electron chi connectivity index (χ0n) is 31.3. The van der Waals surface area contributed by atoms with Crippen molar-refractivity contribution in [2.24, 2.45) is 0 Å². The third-order valence-electron chi connectivity index (χ3n) is 9.34. The molecule has 5 rings (SSSR count). The lowest BCUT2D eigenvalue weighted by Gasteiger charge is -2.26. The summed E-state index contributed by atoms with van der Waals surface area (Å²) < 4.78 is 116. The van der Waals surface area contributed by atoms with Gasteiger partial charge < -0.3 is 20.1 Å². The maximum Gasteiger partial charge on any atom is 0.295 e. The van der Waals surface area contributed by atoms with E-state index in [0.717, 1.165) is 28.4 Å². The molecule has 13 nitrogen and oxygen atoms in total. The van der Waals surface area contributed by atoms with Crippen LogP contribution in [-0.4, -0.2) is 53.1 Å². The molecule has 0 bridgehead atoms. The van der Waals surface area contributed by atoms with E-state index in [1.807, 2.05) is 32.9 Å². The van der Waals surface area contributed by atoms with Crippen LogP contribution in [0.5, 0.6) is 11.5 Å². The topological polar surface area (TPSA) is 206 Å². The van der Waals surface area contributed by atoms with Crippen molar-refractivity contribution in [3.05, 3.63) is 123 Å². The van der Waals surface area contributed by atoms with Crippen molar-refractivity contribution >= 4 is 53.1 Å². The number of aryl methyl sites for hydroxylation is 5. The number of hydrogen-bond acceptors (Lipinski definition) is 10. The maximum absolute atomic E-state index is 12.9. The van der Waals surface area contributed by atoms with Gasteiger partial charge >= 0.3 is 0 Å². The summed E-state index contributed by atoms with van der Waals surface area (Å²) in [6.07, 6.45) is 0. The van der Waals surface area contributed by atoms with Crippen molar-refractivity contribution in [3.63, 3.8) is 0 Å². The summed E-state index contributed by atoms with van der Waals surface area (Å²) in [6, 6.07) is 18.7. The Kier molecular flexibility index (Phi) is 11.4. The lowest BCUT2D eigenvalue weighted by atomic mass is 9.83. The van der Waals surface area contributed by atoms with E-state index in [1.165, 1.54) is 20.3 Å². The molecule has 1 atom stereocenters. The molecule has 0 aliphatic carbocycles. The Morgan fingerprint density at radius 3 is 1.45 bits per heavy atom. The Balaban J connectivity index is 1.74. The molecular formula is C39H42N2O11S3. The van der Waals surface area contributed by atoms with Gasteiger partial charge in [-0.15, -0.1) is 0 Å². The van der Waals surface area contributed by atoms with Gasteiger partial charge in [0.25, 0.3) is 30.4 Å². The molecule has 0 saturated heterocycles. The zero-order chi connectivity index (χ0) is 40.8. The first-order chi connectivity index (χ1) is 25.5. The maximum atomic E-state index is 12.9. The second kappa shape index (κ2) is 15.3. The van der Waals surface area contributed by atoms with Crippen molar-refractivity contribution < 1.29 is 48.4 Å². The van der Waals surface area contributed by atoms with Crippen LogP contribution < -0.4 is 20.1 Å². The number of rotatable bonds is 12. The monoisotopic (exact) mass is 810 g/mol. The fourth-order valence-corrected chi connectivity index (χ4v) is 9.41. The van der Waals surface area contributed by atoms with Crippen LogP contribution in [0.4, 0.5) is 22.7 Å². The number of hydrogen-bond donors (Lipinski definition) is 5. The van der Waals surface area contributed by atoms with E-state index in [-0.39, 0.29) is 21.8 Å². The predicted octanol–water partition coefficient (Wildman–Crippen LogP) is 7.96. The summed E-state index contributed by atoms with van der Waals surface area (Å²) in [5.74, 6) is -0.592.